The second-order valence-electron chi connectivity index (χ2n) is 5.88. The summed E-state index contributed by atoms with van der Waals surface area (Å²) in [5.74, 6) is 0.884. The Labute approximate surface area is 147 Å². The zero-order valence-electron chi connectivity index (χ0n) is 13.2. The number of aromatic nitrogens is 6. The molecule has 0 fully saturated rings. The van der Waals surface area contributed by atoms with E-state index in [1.165, 1.54) is 10.6 Å². The Hall–Kier alpha value is -3.06. The topological polar surface area (TPSA) is 72.3 Å². The van der Waals surface area contributed by atoms with Crippen LogP contribution in [0.25, 0.3) is 23.3 Å². The highest BCUT2D eigenvalue weighted by atomic mass is 32.1. The van der Waals surface area contributed by atoms with E-state index in [1.807, 2.05) is 22.9 Å². The average molecular weight is 346 g/mol. The molecule has 3 heterocycles. The van der Waals surface area contributed by atoms with Gasteiger partial charge in [0.2, 0.25) is 5.82 Å². The fourth-order valence-corrected chi connectivity index (χ4v) is 4.04. The first-order chi connectivity index (χ1) is 12.4. The molecule has 6 nitrogen and oxygen atoms in total. The standard InChI is InChI=1S/C18H14N6S/c1-2-5-13(6-3-1)24-15-11-12(16-7-4-10-25-16)8-9-14(15)17(21-24)18-19-22-23-20-18/h1-10,12H,11H2,(H,19,20,22,23). The van der Waals surface area contributed by atoms with E-state index in [2.05, 4.69) is 62.4 Å². The van der Waals surface area contributed by atoms with Crippen molar-refractivity contribution in [3.8, 4) is 17.2 Å². The van der Waals surface area contributed by atoms with Gasteiger partial charge in [-0.05, 0) is 28.8 Å². The summed E-state index contributed by atoms with van der Waals surface area (Å²) in [5.41, 5.74) is 4.03. The third-order valence-corrected chi connectivity index (χ3v) is 5.40. The highest BCUT2D eigenvalue weighted by Gasteiger charge is 2.26. The van der Waals surface area contributed by atoms with Crippen LogP contribution in [0, 0.1) is 0 Å². The number of fused-ring (bicyclic) bond motifs is 1. The maximum atomic E-state index is 4.80. The molecule has 0 radical (unpaired) electrons. The van der Waals surface area contributed by atoms with E-state index in [9.17, 15) is 0 Å². The second-order valence-corrected chi connectivity index (χ2v) is 6.86. The fourth-order valence-electron chi connectivity index (χ4n) is 3.23. The van der Waals surface area contributed by atoms with Gasteiger partial charge in [0, 0.05) is 22.8 Å². The molecule has 0 saturated heterocycles. The number of aromatic amines is 1. The Kier molecular flexibility index (Phi) is 3.31. The van der Waals surface area contributed by atoms with Gasteiger partial charge in [-0.25, -0.2) is 4.68 Å². The normalized spacial score (nSPS) is 16.1. The van der Waals surface area contributed by atoms with Crippen molar-refractivity contribution in [2.75, 3.05) is 0 Å². The van der Waals surface area contributed by atoms with Crippen LogP contribution in [-0.4, -0.2) is 30.4 Å². The molecule has 1 aliphatic rings. The molecule has 1 atom stereocenters. The molecule has 1 aliphatic carbocycles. The molecule has 4 aromatic rings. The van der Waals surface area contributed by atoms with Crippen LogP contribution in [0.1, 0.15) is 22.1 Å². The van der Waals surface area contributed by atoms with Crippen LogP contribution in [0.4, 0.5) is 0 Å². The van der Waals surface area contributed by atoms with Gasteiger partial charge in [-0.15, -0.1) is 21.5 Å². The van der Waals surface area contributed by atoms with Gasteiger partial charge in [0.25, 0.3) is 0 Å². The number of hydrogen-bond donors (Lipinski definition) is 1. The third kappa shape index (κ3) is 2.40. The minimum absolute atomic E-state index is 0.366. The largest absolute Gasteiger partial charge is 0.236 e. The Morgan fingerprint density at radius 1 is 1.12 bits per heavy atom. The van der Waals surface area contributed by atoms with Crippen molar-refractivity contribution in [2.24, 2.45) is 0 Å². The van der Waals surface area contributed by atoms with Gasteiger partial charge in [0.1, 0.15) is 5.69 Å². The van der Waals surface area contributed by atoms with Crippen molar-refractivity contribution in [2.45, 2.75) is 12.3 Å². The first-order valence-corrected chi connectivity index (χ1v) is 8.91. The number of nitrogens with zero attached hydrogens (tertiary/aromatic N) is 5. The Bertz CT molecular complexity index is 1020. The third-order valence-electron chi connectivity index (χ3n) is 4.40. The Morgan fingerprint density at radius 3 is 2.80 bits per heavy atom. The molecule has 0 spiro atoms. The summed E-state index contributed by atoms with van der Waals surface area (Å²) in [5, 5.41) is 21.3. The molecule has 122 valence electrons. The van der Waals surface area contributed by atoms with Crippen LogP contribution in [-0.2, 0) is 6.42 Å². The number of hydrogen-bond acceptors (Lipinski definition) is 5. The number of H-pyrrole nitrogens is 1. The van der Waals surface area contributed by atoms with Crippen LogP contribution < -0.4 is 0 Å². The van der Waals surface area contributed by atoms with Gasteiger partial charge in [0.05, 0.1) is 11.4 Å². The van der Waals surface area contributed by atoms with Crippen LogP contribution in [0.2, 0.25) is 0 Å². The summed E-state index contributed by atoms with van der Waals surface area (Å²) in [6.45, 7) is 0. The molecule has 25 heavy (non-hydrogen) atoms. The number of thiophene rings is 1. The highest BCUT2D eigenvalue weighted by Crippen LogP contribution is 2.36. The van der Waals surface area contributed by atoms with E-state index in [0.29, 0.717) is 11.7 Å². The number of rotatable bonds is 3. The van der Waals surface area contributed by atoms with Gasteiger partial charge in [-0.1, -0.05) is 36.4 Å². The number of allylic oxidation sites excluding steroid dienone is 1. The van der Waals surface area contributed by atoms with Crippen molar-refractivity contribution in [3.05, 3.63) is 70.1 Å². The van der Waals surface area contributed by atoms with Crippen molar-refractivity contribution in [1.29, 1.82) is 0 Å². The first-order valence-electron chi connectivity index (χ1n) is 8.03. The molecule has 1 unspecified atom stereocenters. The van der Waals surface area contributed by atoms with Crippen LogP contribution >= 0.6 is 11.3 Å². The quantitative estimate of drug-likeness (QED) is 0.616. The van der Waals surface area contributed by atoms with Crippen molar-refractivity contribution >= 4 is 17.4 Å². The second kappa shape index (κ2) is 5.78. The lowest BCUT2D eigenvalue weighted by Gasteiger charge is -2.17. The van der Waals surface area contributed by atoms with Crippen LogP contribution in [0.15, 0.2) is 53.9 Å². The predicted molar refractivity (Wildman–Crippen MR) is 96.5 cm³/mol. The summed E-state index contributed by atoms with van der Waals surface area (Å²) in [6, 6.07) is 14.5. The fraction of sp³-hybridized carbons (Fsp3) is 0.111. The SMILES string of the molecule is C1=CC(c2cccs2)Cc2c1c(-c1nn[nH]n1)nn2-c1ccccc1. The van der Waals surface area contributed by atoms with Gasteiger partial charge in [-0.2, -0.15) is 10.3 Å². The highest BCUT2D eigenvalue weighted by molar-refractivity contribution is 7.10. The zero-order valence-corrected chi connectivity index (χ0v) is 14.0. The molecule has 3 aromatic heterocycles. The van der Waals surface area contributed by atoms with E-state index in [4.69, 9.17) is 5.10 Å². The average Bonchev–Trinajstić information content (AvgIpc) is 3.41. The molecule has 0 amide bonds. The Morgan fingerprint density at radius 2 is 2.04 bits per heavy atom. The van der Waals surface area contributed by atoms with Gasteiger partial charge in [-0.3, -0.25) is 0 Å². The molecule has 0 bridgehead atoms. The van der Waals surface area contributed by atoms with Crippen molar-refractivity contribution in [1.82, 2.24) is 30.4 Å². The summed E-state index contributed by atoms with van der Waals surface area (Å²) < 4.78 is 2.01. The summed E-state index contributed by atoms with van der Waals surface area (Å²) in [7, 11) is 0. The lowest BCUT2D eigenvalue weighted by atomic mass is 9.92. The molecular formula is C18H14N6S. The zero-order chi connectivity index (χ0) is 16.6. The number of tetrazole rings is 1. The van der Waals surface area contributed by atoms with E-state index < -0.39 is 0 Å². The predicted octanol–water partition coefficient (Wildman–Crippen LogP) is 3.47. The number of benzene rings is 1. The minimum Gasteiger partial charge on any atom is -0.236 e. The minimum atomic E-state index is 0.366. The van der Waals surface area contributed by atoms with Gasteiger partial charge < -0.3 is 0 Å². The molecule has 1 aromatic carbocycles. The Balaban J connectivity index is 1.67. The first kappa shape index (κ1) is 14.3. The maximum absolute atomic E-state index is 4.80. The smallest absolute Gasteiger partial charge is 0.225 e. The molecular weight excluding hydrogens is 332 g/mol. The van der Waals surface area contributed by atoms with Crippen LogP contribution in [0.5, 0.6) is 0 Å². The van der Waals surface area contributed by atoms with Crippen molar-refractivity contribution in [3.63, 3.8) is 0 Å². The lowest BCUT2D eigenvalue weighted by molar-refractivity contribution is 0.745. The maximum Gasteiger partial charge on any atom is 0.225 e. The monoisotopic (exact) mass is 346 g/mol. The molecule has 7 heteroatoms. The van der Waals surface area contributed by atoms with E-state index >= 15 is 0 Å². The number of para-hydroxylation sites is 1. The van der Waals surface area contributed by atoms with Gasteiger partial charge >= 0.3 is 0 Å². The van der Waals surface area contributed by atoms with E-state index in [0.717, 1.165) is 23.4 Å². The molecule has 5 rings (SSSR count). The van der Waals surface area contributed by atoms with Gasteiger partial charge in [0.15, 0.2) is 0 Å². The van der Waals surface area contributed by atoms with Crippen LogP contribution in [0.3, 0.4) is 0 Å². The molecule has 1 N–H and O–H groups in total. The van der Waals surface area contributed by atoms with E-state index in [1.54, 1.807) is 11.3 Å². The lowest BCUT2D eigenvalue weighted by Crippen LogP contribution is -2.09. The van der Waals surface area contributed by atoms with E-state index in [-0.39, 0.29) is 0 Å². The summed E-state index contributed by atoms with van der Waals surface area (Å²) in [4.78, 5) is 1.36. The summed E-state index contributed by atoms with van der Waals surface area (Å²) >= 11 is 1.79. The molecule has 0 saturated carbocycles. The summed E-state index contributed by atoms with van der Waals surface area (Å²) in [6.07, 6.45) is 5.28. The van der Waals surface area contributed by atoms with Crippen molar-refractivity contribution < 1.29 is 0 Å². The number of nitrogens with one attached hydrogen (secondary N) is 1. The molecule has 0 aliphatic heterocycles.